The molecule has 0 bridgehead atoms. The van der Waals surface area contributed by atoms with Crippen LogP contribution in [0.25, 0.3) is 10.9 Å². The average Bonchev–Trinajstić information content (AvgIpc) is 3.16. The predicted molar refractivity (Wildman–Crippen MR) is 82.5 cm³/mol. The van der Waals surface area contributed by atoms with Gasteiger partial charge in [-0.15, -0.1) is 0 Å². The fraction of sp³-hybridized carbons (Fsp3) is 0.438. The summed E-state index contributed by atoms with van der Waals surface area (Å²) in [4.78, 5) is 14.5. The van der Waals surface area contributed by atoms with Crippen LogP contribution in [0.1, 0.15) is 23.5 Å². The molecule has 1 aromatic carbocycles. The van der Waals surface area contributed by atoms with E-state index in [1.807, 2.05) is 0 Å². The van der Waals surface area contributed by atoms with Crippen molar-refractivity contribution < 1.29 is 21.9 Å². The van der Waals surface area contributed by atoms with E-state index in [0.29, 0.717) is 21.4 Å². The second kappa shape index (κ2) is 5.77. The van der Waals surface area contributed by atoms with Crippen molar-refractivity contribution in [1.82, 2.24) is 15.2 Å². The van der Waals surface area contributed by atoms with Crippen LogP contribution in [-0.2, 0) is 17.5 Å². The number of rotatable bonds is 5. The molecule has 5 nitrogen and oxygen atoms in total. The minimum atomic E-state index is -2.83. The SMILES string of the molecule is [2H]c1[nH]c2ccc(C([2H])([2H])[C@H]3COC(=O)N3)cc2c1CCN(C([2H])([2H])[2H])C([2H])([2H])[2H]. The van der Waals surface area contributed by atoms with E-state index in [-0.39, 0.29) is 31.3 Å². The lowest BCUT2D eigenvalue weighted by Crippen LogP contribution is -2.28. The molecule has 1 saturated heterocycles. The van der Waals surface area contributed by atoms with Crippen molar-refractivity contribution in [1.29, 1.82) is 0 Å². The fourth-order valence-electron chi connectivity index (χ4n) is 2.29. The number of nitrogens with zero attached hydrogens (tertiary/aromatic N) is 1. The highest BCUT2D eigenvalue weighted by Crippen LogP contribution is 2.21. The van der Waals surface area contributed by atoms with E-state index in [1.165, 1.54) is 12.1 Å². The first-order chi connectivity index (χ1) is 13.7. The van der Waals surface area contributed by atoms with Gasteiger partial charge in [-0.2, -0.15) is 0 Å². The number of ether oxygens (including phenoxy) is 1. The molecule has 5 heteroatoms. The summed E-state index contributed by atoms with van der Waals surface area (Å²) in [5.74, 6) is 0. The first-order valence-corrected chi connectivity index (χ1v) is 6.54. The average molecular weight is 296 g/mol. The summed E-state index contributed by atoms with van der Waals surface area (Å²) in [6.07, 6.45) is -2.70. The maximum absolute atomic E-state index is 11.3. The fourth-order valence-corrected chi connectivity index (χ4v) is 2.29. The topological polar surface area (TPSA) is 57.4 Å². The number of amides is 1. The van der Waals surface area contributed by atoms with Crippen LogP contribution < -0.4 is 5.32 Å². The van der Waals surface area contributed by atoms with Gasteiger partial charge in [-0.3, -0.25) is 0 Å². The minimum Gasteiger partial charge on any atom is -0.447 e. The molecule has 3 rings (SSSR count). The van der Waals surface area contributed by atoms with Gasteiger partial charge >= 0.3 is 6.09 Å². The lowest BCUT2D eigenvalue weighted by molar-refractivity contribution is 0.177. The molecule has 2 N–H and O–H groups in total. The van der Waals surface area contributed by atoms with Gasteiger partial charge in [-0.1, -0.05) is 6.07 Å². The molecule has 1 atom stereocenters. The van der Waals surface area contributed by atoms with Crippen molar-refractivity contribution in [2.45, 2.75) is 18.8 Å². The number of aromatic nitrogens is 1. The minimum absolute atomic E-state index is 0.00347. The molecule has 1 amide bonds. The van der Waals surface area contributed by atoms with Gasteiger partial charge in [-0.05, 0) is 50.0 Å². The van der Waals surface area contributed by atoms with E-state index in [9.17, 15) is 4.79 Å². The standard InChI is InChI=1S/C16H21N3O2/c1-19(2)6-5-12-9-17-15-4-3-11(8-14(12)15)7-13-10-21-16(20)18-13/h3-4,8-9,13,17H,5-7,10H2,1-2H3,(H,18,20)/t13-/m0/s1/i1D3,2D3,7D2,9D. The Bertz CT molecular complexity index is 938. The second-order valence-corrected chi connectivity index (χ2v) is 4.83. The third-order valence-corrected chi connectivity index (χ3v) is 3.29. The van der Waals surface area contributed by atoms with Crippen molar-refractivity contribution >= 4 is 17.0 Å². The Morgan fingerprint density at radius 3 is 3.24 bits per heavy atom. The molecule has 21 heavy (non-hydrogen) atoms. The summed E-state index contributed by atoms with van der Waals surface area (Å²) in [7, 11) is 0. The van der Waals surface area contributed by atoms with Gasteiger partial charge in [0.1, 0.15) is 6.61 Å². The number of nitrogens with one attached hydrogen (secondary N) is 2. The molecular formula is C16H21N3O2. The van der Waals surface area contributed by atoms with Crippen molar-refractivity contribution in [3.63, 3.8) is 0 Å². The molecule has 0 radical (unpaired) electrons. The lowest BCUT2D eigenvalue weighted by Gasteiger charge is -2.09. The van der Waals surface area contributed by atoms with Gasteiger partial charge in [0, 0.05) is 34.6 Å². The number of benzene rings is 1. The summed E-state index contributed by atoms with van der Waals surface area (Å²) in [5.41, 5.74) is 1.16. The summed E-state index contributed by atoms with van der Waals surface area (Å²) in [6, 6.07) is 3.76. The van der Waals surface area contributed by atoms with Gasteiger partial charge in [-0.25, -0.2) is 4.79 Å². The van der Waals surface area contributed by atoms with Crippen LogP contribution in [0, 0.1) is 0 Å². The number of carbonyl (C=O) groups is 1. The normalized spacial score (nSPS) is 26.4. The molecule has 1 aromatic heterocycles. The molecule has 0 unspecified atom stereocenters. The number of likely N-dealkylation sites (N-methyl/N-ethyl adjacent to an activating group) is 1. The van der Waals surface area contributed by atoms with Crippen LogP contribution in [0.3, 0.4) is 0 Å². The Balaban J connectivity index is 1.93. The van der Waals surface area contributed by atoms with Gasteiger partial charge in [0.05, 0.1) is 7.41 Å². The number of cyclic esters (lactones) is 1. The molecule has 2 aromatic rings. The maximum atomic E-state index is 11.3. The zero-order chi connectivity index (χ0) is 22.5. The van der Waals surface area contributed by atoms with E-state index < -0.39 is 32.5 Å². The lowest BCUT2D eigenvalue weighted by atomic mass is 10.0. The van der Waals surface area contributed by atoms with Crippen LogP contribution in [0.15, 0.2) is 24.4 Å². The van der Waals surface area contributed by atoms with Crippen molar-refractivity contribution in [3.05, 3.63) is 35.5 Å². The Labute approximate surface area is 136 Å². The summed E-state index contributed by atoms with van der Waals surface area (Å²) in [6.45, 7) is -6.12. The molecule has 112 valence electrons. The van der Waals surface area contributed by atoms with E-state index in [4.69, 9.17) is 17.1 Å². The van der Waals surface area contributed by atoms with E-state index in [2.05, 4.69) is 10.3 Å². The predicted octanol–water partition coefficient (Wildman–Crippen LogP) is 1.92. The zero-order valence-corrected chi connectivity index (χ0v) is 11.2. The quantitative estimate of drug-likeness (QED) is 0.886. The largest absolute Gasteiger partial charge is 0.447 e. The Morgan fingerprint density at radius 2 is 2.48 bits per heavy atom. The van der Waals surface area contributed by atoms with Crippen LogP contribution in [0.5, 0.6) is 0 Å². The first-order valence-electron chi connectivity index (χ1n) is 11.0. The summed E-state index contributed by atoms with van der Waals surface area (Å²) in [5, 5.41) is 2.91. The number of hydrogen-bond donors (Lipinski definition) is 2. The molecule has 0 aliphatic carbocycles. The van der Waals surface area contributed by atoms with Crippen molar-refractivity contribution in [2.24, 2.45) is 0 Å². The van der Waals surface area contributed by atoms with Crippen LogP contribution in [0.2, 0.25) is 0 Å². The molecule has 0 saturated carbocycles. The van der Waals surface area contributed by atoms with Gasteiger partial charge < -0.3 is 19.9 Å². The number of hydrogen-bond acceptors (Lipinski definition) is 3. The van der Waals surface area contributed by atoms with Crippen LogP contribution >= 0.6 is 0 Å². The summed E-state index contributed by atoms with van der Waals surface area (Å²) >= 11 is 0. The van der Waals surface area contributed by atoms with Crippen molar-refractivity contribution in [3.8, 4) is 0 Å². The molecule has 0 spiro atoms. The van der Waals surface area contributed by atoms with Crippen molar-refractivity contribution in [2.75, 3.05) is 27.1 Å². The first kappa shape index (κ1) is 6.83. The highest BCUT2D eigenvalue weighted by molar-refractivity contribution is 5.84. The van der Waals surface area contributed by atoms with Gasteiger partial charge in [0.2, 0.25) is 0 Å². The molecule has 1 aliphatic heterocycles. The monoisotopic (exact) mass is 296 g/mol. The molecule has 1 aliphatic rings. The number of carbonyl (C=O) groups excluding carboxylic acids is 1. The number of fused-ring (bicyclic) bond motifs is 1. The van der Waals surface area contributed by atoms with Gasteiger partial charge in [0.25, 0.3) is 0 Å². The smallest absolute Gasteiger partial charge is 0.407 e. The van der Waals surface area contributed by atoms with E-state index >= 15 is 0 Å². The van der Waals surface area contributed by atoms with Crippen LogP contribution in [0.4, 0.5) is 4.79 Å². The molecular weight excluding hydrogens is 266 g/mol. The second-order valence-electron chi connectivity index (χ2n) is 4.83. The number of H-pyrrole nitrogens is 1. The Morgan fingerprint density at radius 1 is 1.57 bits per heavy atom. The Hall–Kier alpha value is -2.01. The van der Waals surface area contributed by atoms with Crippen LogP contribution in [-0.4, -0.2) is 49.1 Å². The third-order valence-electron chi connectivity index (χ3n) is 3.29. The molecule has 1 fully saturated rings. The van der Waals surface area contributed by atoms with E-state index in [1.54, 1.807) is 6.07 Å². The number of alkyl carbamates (subject to hydrolysis) is 1. The van der Waals surface area contributed by atoms with Gasteiger partial charge in [0.15, 0.2) is 0 Å². The molecule has 2 heterocycles. The highest BCUT2D eigenvalue weighted by atomic mass is 16.6. The number of aromatic amines is 1. The summed E-state index contributed by atoms with van der Waals surface area (Å²) < 4.78 is 74.5. The maximum Gasteiger partial charge on any atom is 0.407 e. The highest BCUT2D eigenvalue weighted by Gasteiger charge is 2.22. The zero-order valence-electron chi connectivity index (χ0n) is 20.2. The van der Waals surface area contributed by atoms with E-state index in [0.717, 1.165) is 0 Å². The third kappa shape index (κ3) is 3.19. The Kier molecular flexibility index (Phi) is 1.88.